The third-order valence-electron chi connectivity index (χ3n) is 4.48. The molecule has 1 aliphatic heterocycles. The minimum Gasteiger partial charge on any atom is -0.358 e. The van der Waals surface area contributed by atoms with Gasteiger partial charge in [-0.15, -0.1) is 0 Å². The Hall–Kier alpha value is -3.46. The molecule has 0 saturated heterocycles. The van der Waals surface area contributed by atoms with Gasteiger partial charge in [-0.05, 0) is 43.1 Å². The number of nitrogens with one attached hydrogen (secondary N) is 2. The largest absolute Gasteiger partial charge is 0.358 e. The highest BCUT2D eigenvalue weighted by Gasteiger charge is 2.27. The summed E-state index contributed by atoms with van der Waals surface area (Å²) in [6.45, 7) is 1.96. The predicted octanol–water partition coefficient (Wildman–Crippen LogP) is 4.55. The van der Waals surface area contributed by atoms with E-state index >= 15 is 0 Å². The number of hydrogen-bond acceptors (Lipinski definition) is 7. The van der Waals surface area contributed by atoms with E-state index in [1.807, 2.05) is 61.5 Å². The molecule has 0 radical (unpaired) electrons. The molecule has 2 aromatic carbocycles. The summed E-state index contributed by atoms with van der Waals surface area (Å²) >= 11 is 1.60. The molecule has 5 rings (SSSR count). The van der Waals surface area contributed by atoms with Crippen LogP contribution in [0.25, 0.3) is 11.2 Å². The van der Waals surface area contributed by atoms with Crippen molar-refractivity contribution in [3.05, 3.63) is 67.0 Å². The molecule has 2 N–H and O–H groups in total. The highest BCUT2D eigenvalue weighted by atomic mass is 32.2. The summed E-state index contributed by atoms with van der Waals surface area (Å²) in [5, 5.41) is 3.25. The van der Waals surface area contributed by atoms with Crippen LogP contribution in [0.15, 0.2) is 70.8 Å². The maximum Gasteiger partial charge on any atom is 0.312 e. The molecule has 29 heavy (non-hydrogen) atoms. The first-order valence-electron chi connectivity index (χ1n) is 9.03. The Morgan fingerprint density at radius 2 is 1.86 bits per heavy atom. The maximum atomic E-state index is 13.9. The molecule has 0 amide bonds. The average molecular weight is 405 g/mol. The third-order valence-corrected chi connectivity index (χ3v) is 5.60. The molecule has 0 spiro atoms. The van der Waals surface area contributed by atoms with Gasteiger partial charge in [0.15, 0.2) is 11.5 Å². The number of fused-ring (bicyclic) bond motifs is 2. The minimum absolute atomic E-state index is 0.273. The number of aromatic amines is 1. The molecule has 9 heteroatoms. The van der Waals surface area contributed by atoms with Crippen molar-refractivity contribution in [3.8, 4) is 0 Å². The van der Waals surface area contributed by atoms with Gasteiger partial charge in [-0.3, -0.25) is 4.31 Å². The number of hydrogen-bond donors (Lipinski definition) is 2. The second-order valence-corrected chi connectivity index (χ2v) is 7.45. The minimum atomic E-state index is -0.818. The number of nitrogens with zero attached hydrogens (tertiary/aromatic N) is 5. The van der Waals surface area contributed by atoms with Crippen molar-refractivity contribution in [2.75, 3.05) is 9.62 Å². The quantitative estimate of drug-likeness (QED) is 0.383. The van der Waals surface area contributed by atoms with Crippen LogP contribution in [-0.4, -0.2) is 31.8 Å². The van der Waals surface area contributed by atoms with Crippen molar-refractivity contribution in [1.82, 2.24) is 19.9 Å². The average Bonchev–Trinajstić information content (AvgIpc) is 3.22. The van der Waals surface area contributed by atoms with E-state index in [-0.39, 0.29) is 6.04 Å². The molecule has 144 valence electrons. The zero-order chi connectivity index (χ0) is 19.8. The lowest BCUT2D eigenvalue weighted by Gasteiger charge is -2.32. The Morgan fingerprint density at radius 1 is 1.07 bits per heavy atom. The number of H-pyrrole nitrogens is 1. The Balaban J connectivity index is 1.55. The zero-order valence-corrected chi connectivity index (χ0v) is 16.2. The molecule has 0 bridgehead atoms. The monoisotopic (exact) mass is 405 g/mol. The van der Waals surface area contributed by atoms with Gasteiger partial charge in [0.25, 0.3) is 0 Å². The van der Waals surface area contributed by atoms with Crippen molar-refractivity contribution in [2.24, 2.45) is 4.99 Å². The summed E-state index contributed by atoms with van der Waals surface area (Å²) in [4.78, 5) is 20.6. The summed E-state index contributed by atoms with van der Waals surface area (Å²) in [5.41, 5.74) is 2.72. The number of imidazole rings is 1. The van der Waals surface area contributed by atoms with Crippen molar-refractivity contribution in [3.63, 3.8) is 0 Å². The molecule has 0 saturated carbocycles. The first kappa shape index (κ1) is 17.6. The number of halogens is 1. The van der Waals surface area contributed by atoms with Gasteiger partial charge in [0.05, 0.1) is 28.6 Å². The summed E-state index contributed by atoms with van der Waals surface area (Å²) in [7, 11) is 0. The van der Waals surface area contributed by atoms with Crippen LogP contribution in [0.3, 0.4) is 0 Å². The lowest BCUT2D eigenvalue weighted by molar-refractivity contribution is 0.545. The normalized spacial score (nSPS) is 14.4. The predicted molar refractivity (Wildman–Crippen MR) is 113 cm³/mol. The Morgan fingerprint density at radius 3 is 2.72 bits per heavy atom. The fourth-order valence-electron chi connectivity index (χ4n) is 3.14. The topological polar surface area (TPSA) is 82.1 Å². The molecular weight excluding hydrogens is 389 g/mol. The molecule has 2 aromatic heterocycles. The zero-order valence-electron chi connectivity index (χ0n) is 15.4. The van der Waals surface area contributed by atoms with E-state index in [0.717, 1.165) is 22.1 Å². The molecular formula is C20H16FN7S. The van der Waals surface area contributed by atoms with Gasteiger partial charge >= 0.3 is 6.08 Å². The van der Waals surface area contributed by atoms with Crippen LogP contribution in [-0.2, 0) is 0 Å². The van der Waals surface area contributed by atoms with E-state index in [9.17, 15) is 4.39 Å². The Labute approximate surface area is 170 Å². The van der Waals surface area contributed by atoms with Crippen molar-refractivity contribution < 1.29 is 4.39 Å². The van der Waals surface area contributed by atoms with E-state index in [0.29, 0.717) is 17.0 Å². The van der Waals surface area contributed by atoms with E-state index < -0.39 is 6.08 Å². The summed E-state index contributed by atoms with van der Waals surface area (Å²) in [6, 6.07) is 17.7. The fraction of sp³-hybridized carbons (Fsp3) is 0.100. The molecule has 0 fully saturated rings. The molecule has 4 aromatic rings. The molecule has 1 aliphatic rings. The number of para-hydroxylation sites is 2. The van der Waals surface area contributed by atoms with E-state index in [1.165, 1.54) is 6.33 Å². The number of benzene rings is 2. The van der Waals surface area contributed by atoms with Gasteiger partial charge in [0.2, 0.25) is 0 Å². The van der Waals surface area contributed by atoms with Crippen LogP contribution in [0, 0.1) is 6.08 Å². The van der Waals surface area contributed by atoms with Gasteiger partial charge in [-0.1, -0.05) is 30.3 Å². The van der Waals surface area contributed by atoms with Crippen LogP contribution in [0.5, 0.6) is 0 Å². The summed E-state index contributed by atoms with van der Waals surface area (Å²) < 4.78 is 15.9. The first-order chi connectivity index (χ1) is 14.2. The summed E-state index contributed by atoms with van der Waals surface area (Å²) in [6.07, 6.45) is 0.649. The first-order valence-corrected chi connectivity index (χ1v) is 9.80. The number of aromatic nitrogens is 4. The van der Waals surface area contributed by atoms with Crippen LogP contribution >= 0.6 is 11.9 Å². The van der Waals surface area contributed by atoms with Crippen LogP contribution in [0.2, 0.25) is 0 Å². The molecule has 3 heterocycles. The summed E-state index contributed by atoms with van der Waals surface area (Å²) in [5.74, 6) is 1.10. The molecule has 1 atom stereocenters. The smallest absolute Gasteiger partial charge is 0.312 e. The van der Waals surface area contributed by atoms with Crippen molar-refractivity contribution in [2.45, 2.75) is 17.9 Å². The highest BCUT2D eigenvalue weighted by Crippen LogP contribution is 2.40. The van der Waals surface area contributed by atoms with Crippen LogP contribution < -0.4 is 9.62 Å². The van der Waals surface area contributed by atoms with E-state index in [4.69, 9.17) is 4.99 Å². The molecule has 0 aliphatic carbocycles. The third kappa shape index (κ3) is 3.29. The van der Waals surface area contributed by atoms with Gasteiger partial charge < -0.3 is 10.3 Å². The van der Waals surface area contributed by atoms with Gasteiger partial charge in [-0.2, -0.15) is 14.4 Å². The molecule has 7 nitrogen and oxygen atoms in total. The number of rotatable bonds is 4. The molecule has 1 unspecified atom stereocenters. The van der Waals surface area contributed by atoms with E-state index in [2.05, 4.69) is 29.6 Å². The fourth-order valence-corrected chi connectivity index (χ4v) is 4.20. The van der Waals surface area contributed by atoms with Gasteiger partial charge in [0.1, 0.15) is 11.4 Å². The Bertz CT molecular complexity index is 1210. The van der Waals surface area contributed by atoms with Gasteiger partial charge in [-0.25, -0.2) is 9.98 Å². The SMILES string of the molecule is CC(Nc1nc(F)nc2[nH]cnc12)C1=Nc2ccccc2SN1c1ccccc1. The van der Waals surface area contributed by atoms with Crippen molar-refractivity contribution in [1.29, 1.82) is 0 Å². The van der Waals surface area contributed by atoms with Crippen LogP contribution in [0.1, 0.15) is 6.92 Å². The lowest BCUT2D eigenvalue weighted by atomic mass is 10.2. The second kappa shape index (κ2) is 7.17. The number of amidine groups is 1. The lowest BCUT2D eigenvalue weighted by Crippen LogP contribution is -2.39. The number of anilines is 2. The maximum absolute atomic E-state index is 13.9. The Kier molecular flexibility index (Phi) is 4.36. The highest BCUT2D eigenvalue weighted by molar-refractivity contribution is 8.01. The van der Waals surface area contributed by atoms with Crippen LogP contribution in [0.4, 0.5) is 21.6 Å². The van der Waals surface area contributed by atoms with E-state index in [1.54, 1.807) is 11.9 Å². The standard InChI is InChI=1S/C20H16FN7S/c1-12(24-18-16-17(23-11-22-16)26-20(21)27-18)19-25-14-9-5-6-10-15(14)29-28(19)13-7-3-2-4-8-13/h2-12H,1H3,(H2,22,23,24,26,27). The second-order valence-electron chi connectivity index (χ2n) is 6.47. The number of aliphatic imine (C=N–C) groups is 1. The van der Waals surface area contributed by atoms with Crippen molar-refractivity contribution >= 4 is 46.1 Å². The van der Waals surface area contributed by atoms with Gasteiger partial charge in [0, 0.05) is 0 Å².